The Bertz CT molecular complexity index is 992. The monoisotopic (exact) mass is 391 g/mol. The van der Waals surface area contributed by atoms with Crippen LogP contribution in [0.15, 0.2) is 70.1 Å². The Morgan fingerprint density at radius 3 is 2.46 bits per heavy atom. The molecule has 3 aromatic rings. The maximum atomic E-state index is 5.29. The summed E-state index contributed by atoms with van der Waals surface area (Å²) in [5.41, 5.74) is 4.80. The van der Waals surface area contributed by atoms with Crippen molar-refractivity contribution in [2.45, 2.75) is 32.1 Å². The SMILES string of the molecule is COc1ccc(-c2csc(=NCCc3ccccc3)n2N=C2CCCC2)cc1. The third-order valence-electron chi connectivity index (χ3n) is 4.98. The summed E-state index contributed by atoms with van der Waals surface area (Å²) >= 11 is 1.66. The summed E-state index contributed by atoms with van der Waals surface area (Å²) in [4.78, 5) is 5.83. The quantitative estimate of drug-likeness (QED) is 0.573. The third kappa shape index (κ3) is 4.42. The highest BCUT2D eigenvalue weighted by Crippen LogP contribution is 2.24. The number of aromatic nitrogens is 1. The van der Waals surface area contributed by atoms with Crippen LogP contribution in [0.25, 0.3) is 11.3 Å². The van der Waals surface area contributed by atoms with Gasteiger partial charge >= 0.3 is 0 Å². The molecule has 2 aromatic carbocycles. The van der Waals surface area contributed by atoms with Crippen molar-refractivity contribution >= 4 is 17.0 Å². The van der Waals surface area contributed by atoms with Crippen LogP contribution in [0, 0.1) is 0 Å². The highest BCUT2D eigenvalue weighted by atomic mass is 32.1. The Morgan fingerprint density at radius 1 is 1.00 bits per heavy atom. The van der Waals surface area contributed by atoms with E-state index in [1.165, 1.54) is 24.1 Å². The van der Waals surface area contributed by atoms with Crippen molar-refractivity contribution < 1.29 is 4.74 Å². The van der Waals surface area contributed by atoms with Gasteiger partial charge in [0.05, 0.1) is 12.8 Å². The molecule has 0 amide bonds. The zero-order chi connectivity index (χ0) is 19.2. The maximum Gasteiger partial charge on any atom is 0.206 e. The molecule has 1 heterocycles. The zero-order valence-electron chi connectivity index (χ0n) is 16.2. The zero-order valence-corrected chi connectivity index (χ0v) is 17.0. The van der Waals surface area contributed by atoms with E-state index >= 15 is 0 Å². The molecular weight excluding hydrogens is 366 g/mol. The first kappa shape index (κ1) is 18.7. The van der Waals surface area contributed by atoms with Gasteiger partial charge in [0.15, 0.2) is 0 Å². The predicted molar refractivity (Wildman–Crippen MR) is 116 cm³/mol. The molecule has 0 bridgehead atoms. The van der Waals surface area contributed by atoms with Crippen molar-refractivity contribution in [1.29, 1.82) is 0 Å². The molecule has 144 valence electrons. The minimum atomic E-state index is 0.761. The summed E-state index contributed by atoms with van der Waals surface area (Å²) < 4.78 is 7.33. The average Bonchev–Trinajstić information content (AvgIpc) is 3.40. The molecule has 0 atom stereocenters. The normalized spacial score (nSPS) is 14.5. The first-order valence-corrected chi connectivity index (χ1v) is 10.7. The fourth-order valence-corrected chi connectivity index (χ4v) is 4.27. The first-order chi connectivity index (χ1) is 13.8. The van der Waals surface area contributed by atoms with E-state index < -0.39 is 0 Å². The van der Waals surface area contributed by atoms with Gasteiger partial charge in [0, 0.05) is 23.2 Å². The van der Waals surface area contributed by atoms with Crippen LogP contribution in [0.1, 0.15) is 31.2 Å². The van der Waals surface area contributed by atoms with Crippen LogP contribution in [0.4, 0.5) is 0 Å². The Morgan fingerprint density at radius 2 is 1.75 bits per heavy atom. The fourth-order valence-electron chi connectivity index (χ4n) is 3.41. The highest BCUT2D eigenvalue weighted by molar-refractivity contribution is 7.07. The van der Waals surface area contributed by atoms with Gasteiger partial charge in [-0.1, -0.05) is 30.3 Å². The number of nitrogens with zero attached hydrogens (tertiary/aromatic N) is 3. The Kier molecular flexibility index (Phi) is 6.02. The van der Waals surface area contributed by atoms with Crippen LogP contribution in [-0.2, 0) is 6.42 Å². The molecule has 0 unspecified atom stereocenters. The molecule has 1 saturated carbocycles. The number of ether oxygens (including phenoxy) is 1. The molecule has 1 aromatic heterocycles. The first-order valence-electron chi connectivity index (χ1n) is 9.79. The molecule has 0 N–H and O–H groups in total. The summed E-state index contributed by atoms with van der Waals surface area (Å²) in [6, 6.07) is 18.7. The Balaban J connectivity index is 1.66. The molecule has 1 fully saturated rings. The number of rotatable bonds is 6. The molecule has 1 aliphatic rings. The van der Waals surface area contributed by atoms with Crippen molar-refractivity contribution in [2.75, 3.05) is 13.7 Å². The standard InChI is InChI=1S/C23H25N3OS/c1-27-21-13-11-19(12-14-21)22-17-28-23(26(22)25-20-9-5-6-10-20)24-16-15-18-7-3-2-4-8-18/h2-4,7-8,11-14,17H,5-6,9-10,15-16H2,1H3. The van der Waals surface area contributed by atoms with Crippen LogP contribution in [0.5, 0.6) is 5.75 Å². The lowest BCUT2D eigenvalue weighted by Crippen LogP contribution is -2.14. The number of thiazole rings is 1. The molecule has 28 heavy (non-hydrogen) atoms. The van der Waals surface area contributed by atoms with Gasteiger partial charge in [-0.05, 0) is 61.9 Å². The Hall–Kier alpha value is -2.66. The topological polar surface area (TPSA) is 38.9 Å². The van der Waals surface area contributed by atoms with Gasteiger partial charge in [-0.25, -0.2) is 4.68 Å². The summed E-state index contributed by atoms with van der Waals surface area (Å²) in [5, 5.41) is 7.14. The van der Waals surface area contributed by atoms with Crippen molar-refractivity contribution in [3.05, 3.63) is 70.3 Å². The van der Waals surface area contributed by atoms with Crippen LogP contribution in [-0.4, -0.2) is 24.0 Å². The summed E-state index contributed by atoms with van der Waals surface area (Å²) in [6.45, 7) is 0.761. The number of methoxy groups -OCH3 is 1. The van der Waals surface area contributed by atoms with Crippen molar-refractivity contribution in [2.24, 2.45) is 10.1 Å². The molecule has 4 rings (SSSR count). The maximum absolute atomic E-state index is 5.29. The summed E-state index contributed by atoms with van der Waals surface area (Å²) in [7, 11) is 1.69. The third-order valence-corrected chi connectivity index (χ3v) is 5.84. The summed E-state index contributed by atoms with van der Waals surface area (Å²) in [5.74, 6) is 0.861. The van der Waals surface area contributed by atoms with Gasteiger partial charge in [-0.2, -0.15) is 5.10 Å². The molecule has 4 nitrogen and oxygen atoms in total. The van der Waals surface area contributed by atoms with E-state index in [2.05, 4.69) is 41.8 Å². The fraction of sp³-hybridized carbons (Fsp3) is 0.304. The number of hydrogen-bond donors (Lipinski definition) is 0. The smallest absolute Gasteiger partial charge is 0.206 e. The van der Waals surface area contributed by atoms with E-state index in [1.54, 1.807) is 18.4 Å². The van der Waals surface area contributed by atoms with Crippen LogP contribution in [0.2, 0.25) is 0 Å². The predicted octanol–water partition coefficient (Wildman–Crippen LogP) is 5.15. The second-order valence-corrected chi connectivity index (χ2v) is 7.77. The van der Waals surface area contributed by atoms with E-state index in [-0.39, 0.29) is 0 Å². The van der Waals surface area contributed by atoms with Gasteiger partial charge in [0.25, 0.3) is 0 Å². The van der Waals surface area contributed by atoms with Crippen molar-refractivity contribution in [3.8, 4) is 17.0 Å². The molecule has 5 heteroatoms. The molecule has 0 saturated heterocycles. The highest BCUT2D eigenvalue weighted by Gasteiger charge is 2.12. The van der Waals surface area contributed by atoms with E-state index in [1.807, 2.05) is 22.9 Å². The minimum absolute atomic E-state index is 0.761. The molecule has 0 spiro atoms. The Labute approximate surface area is 169 Å². The van der Waals surface area contributed by atoms with Gasteiger partial charge in [0.1, 0.15) is 5.75 Å². The number of hydrogen-bond acceptors (Lipinski definition) is 4. The van der Waals surface area contributed by atoms with Crippen LogP contribution < -0.4 is 9.54 Å². The molecule has 0 aliphatic heterocycles. The van der Waals surface area contributed by atoms with Crippen molar-refractivity contribution in [1.82, 2.24) is 4.68 Å². The number of benzene rings is 2. The van der Waals surface area contributed by atoms with Crippen molar-refractivity contribution in [3.63, 3.8) is 0 Å². The second-order valence-electron chi connectivity index (χ2n) is 6.93. The van der Waals surface area contributed by atoms with E-state index in [4.69, 9.17) is 14.8 Å². The van der Waals surface area contributed by atoms with Gasteiger partial charge < -0.3 is 4.74 Å². The molecule has 1 aliphatic carbocycles. The van der Waals surface area contributed by atoms with Crippen LogP contribution >= 0.6 is 11.3 Å². The van der Waals surface area contributed by atoms with Crippen LogP contribution in [0.3, 0.4) is 0 Å². The minimum Gasteiger partial charge on any atom is -0.497 e. The molecule has 0 radical (unpaired) electrons. The van der Waals surface area contributed by atoms with E-state index in [9.17, 15) is 0 Å². The molecular formula is C23H25N3OS. The van der Waals surface area contributed by atoms with Gasteiger partial charge in [-0.3, -0.25) is 4.99 Å². The van der Waals surface area contributed by atoms with E-state index in [0.717, 1.165) is 47.6 Å². The lowest BCUT2D eigenvalue weighted by atomic mass is 10.1. The summed E-state index contributed by atoms with van der Waals surface area (Å²) in [6.07, 6.45) is 5.60. The average molecular weight is 392 g/mol. The van der Waals surface area contributed by atoms with Gasteiger partial charge in [-0.15, -0.1) is 11.3 Å². The second kappa shape index (κ2) is 9.02. The lowest BCUT2D eigenvalue weighted by molar-refractivity contribution is 0.415. The largest absolute Gasteiger partial charge is 0.497 e. The van der Waals surface area contributed by atoms with E-state index in [0.29, 0.717) is 0 Å². The van der Waals surface area contributed by atoms with Gasteiger partial charge in [0.2, 0.25) is 4.80 Å². The lowest BCUT2D eigenvalue weighted by Gasteiger charge is -2.06.